The number of nitrogens with zero attached hydrogens (tertiary/aromatic N) is 2. The summed E-state index contributed by atoms with van der Waals surface area (Å²) in [7, 11) is 3.59. The number of amides is 1. The fraction of sp³-hybridized carbons (Fsp3) is 0.562. The van der Waals surface area contributed by atoms with Crippen molar-refractivity contribution in [1.29, 1.82) is 0 Å². The van der Waals surface area contributed by atoms with Crippen molar-refractivity contribution >= 4 is 5.91 Å². The van der Waals surface area contributed by atoms with Crippen molar-refractivity contribution in [2.24, 2.45) is 5.73 Å². The normalized spacial score (nSPS) is 10.8. The summed E-state index contributed by atoms with van der Waals surface area (Å²) < 4.78 is 5.34. The van der Waals surface area contributed by atoms with Gasteiger partial charge in [0.1, 0.15) is 5.75 Å². The van der Waals surface area contributed by atoms with E-state index in [4.69, 9.17) is 10.5 Å². The number of methoxy groups -OCH3 is 1. The van der Waals surface area contributed by atoms with Gasteiger partial charge in [0.05, 0.1) is 13.7 Å². The third kappa shape index (κ3) is 5.02. The van der Waals surface area contributed by atoms with Crippen LogP contribution >= 0.6 is 0 Å². The molecular formula is C16H27N3O2. The maximum Gasteiger partial charge on any atom is 0.236 e. The molecule has 1 aromatic rings. The molecule has 0 aliphatic heterocycles. The van der Waals surface area contributed by atoms with E-state index in [9.17, 15) is 4.79 Å². The smallest absolute Gasteiger partial charge is 0.236 e. The van der Waals surface area contributed by atoms with Crippen LogP contribution < -0.4 is 10.5 Å². The Kier molecular flexibility index (Phi) is 7.19. The highest BCUT2D eigenvalue weighted by molar-refractivity contribution is 5.78. The van der Waals surface area contributed by atoms with Gasteiger partial charge in [-0.3, -0.25) is 9.69 Å². The number of carbonyl (C=O) groups is 1. The minimum absolute atomic E-state index is 0.160. The van der Waals surface area contributed by atoms with Gasteiger partial charge in [0.25, 0.3) is 0 Å². The maximum atomic E-state index is 12.1. The summed E-state index contributed by atoms with van der Waals surface area (Å²) in [6.45, 7) is 7.08. The van der Waals surface area contributed by atoms with Crippen molar-refractivity contribution in [3.8, 4) is 5.75 Å². The highest BCUT2D eigenvalue weighted by Gasteiger charge is 2.13. The van der Waals surface area contributed by atoms with Gasteiger partial charge in [-0.2, -0.15) is 0 Å². The predicted molar refractivity (Wildman–Crippen MR) is 85.1 cm³/mol. The van der Waals surface area contributed by atoms with Gasteiger partial charge >= 0.3 is 0 Å². The molecule has 5 nitrogen and oxygen atoms in total. The van der Waals surface area contributed by atoms with E-state index in [0.29, 0.717) is 19.6 Å². The van der Waals surface area contributed by atoms with Crippen LogP contribution in [0.5, 0.6) is 5.75 Å². The predicted octanol–water partition coefficient (Wildman–Crippen LogP) is 1.45. The summed E-state index contributed by atoms with van der Waals surface area (Å²) in [5.41, 5.74) is 7.77. The Balaban J connectivity index is 2.66. The van der Waals surface area contributed by atoms with E-state index < -0.39 is 0 Å². The Hall–Kier alpha value is -1.59. The molecule has 0 heterocycles. The van der Waals surface area contributed by atoms with E-state index in [-0.39, 0.29) is 5.91 Å². The van der Waals surface area contributed by atoms with Crippen molar-refractivity contribution in [3.63, 3.8) is 0 Å². The van der Waals surface area contributed by atoms with Crippen LogP contribution in [0.15, 0.2) is 18.2 Å². The van der Waals surface area contributed by atoms with E-state index in [2.05, 4.69) is 0 Å². The molecule has 0 unspecified atom stereocenters. The third-order valence-electron chi connectivity index (χ3n) is 3.55. The molecule has 1 aromatic carbocycles. The van der Waals surface area contributed by atoms with Crippen molar-refractivity contribution in [2.45, 2.75) is 26.9 Å². The summed E-state index contributed by atoms with van der Waals surface area (Å²) in [6, 6.07) is 6.00. The zero-order valence-corrected chi connectivity index (χ0v) is 13.6. The average Bonchev–Trinajstić information content (AvgIpc) is 2.48. The number of hydrogen-bond donors (Lipinski definition) is 1. The van der Waals surface area contributed by atoms with E-state index in [1.54, 1.807) is 7.11 Å². The molecule has 0 atom stereocenters. The Morgan fingerprint density at radius 2 is 1.95 bits per heavy atom. The van der Waals surface area contributed by atoms with Gasteiger partial charge in [0, 0.05) is 31.7 Å². The average molecular weight is 293 g/mol. The molecular weight excluding hydrogens is 266 g/mol. The second-order valence-corrected chi connectivity index (χ2v) is 5.09. The molecule has 2 N–H and O–H groups in total. The minimum Gasteiger partial charge on any atom is -0.496 e. The summed E-state index contributed by atoms with van der Waals surface area (Å²) in [5.74, 6) is 0.964. The summed E-state index contributed by atoms with van der Waals surface area (Å²) in [4.78, 5) is 15.9. The number of likely N-dealkylation sites (N-methyl/N-ethyl adjacent to an activating group) is 2. The molecule has 1 amide bonds. The van der Waals surface area contributed by atoms with Crippen molar-refractivity contribution in [1.82, 2.24) is 9.80 Å². The highest BCUT2D eigenvalue weighted by Crippen LogP contribution is 2.20. The third-order valence-corrected chi connectivity index (χ3v) is 3.55. The van der Waals surface area contributed by atoms with Gasteiger partial charge in [-0.1, -0.05) is 12.1 Å². The lowest BCUT2D eigenvalue weighted by Crippen LogP contribution is -2.38. The zero-order valence-electron chi connectivity index (χ0n) is 13.6. The van der Waals surface area contributed by atoms with Crippen molar-refractivity contribution in [3.05, 3.63) is 29.3 Å². The number of benzene rings is 1. The van der Waals surface area contributed by atoms with Crippen LogP contribution in [0, 0.1) is 0 Å². The Labute approximate surface area is 127 Å². The van der Waals surface area contributed by atoms with Gasteiger partial charge in [-0.25, -0.2) is 0 Å². The summed E-state index contributed by atoms with van der Waals surface area (Å²) in [6.07, 6.45) is 0. The zero-order chi connectivity index (χ0) is 15.8. The van der Waals surface area contributed by atoms with Crippen molar-refractivity contribution in [2.75, 3.05) is 33.8 Å². The Morgan fingerprint density at radius 3 is 2.48 bits per heavy atom. The SMILES string of the molecule is CCN(CC)C(=O)CN(C)Cc1ccc(CN)c(OC)c1. The van der Waals surface area contributed by atoms with Gasteiger partial charge in [0.2, 0.25) is 5.91 Å². The molecule has 0 aliphatic carbocycles. The standard InChI is InChI=1S/C16H27N3O2/c1-5-19(6-2)16(20)12-18(3)11-13-7-8-14(10-17)15(9-13)21-4/h7-9H,5-6,10-12,17H2,1-4H3. The van der Waals surface area contributed by atoms with Crippen LogP contribution in [0.4, 0.5) is 0 Å². The second-order valence-electron chi connectivity index (χ2n) is 5.09. The summed E-state index contributed by atoms with van der Waals surface area (Å²) >= 11 is 0. The van der Waals surface area contributed by atoms with E-state index >= 15 is 0 Å². The molecule has 0 spiro atoms. The first kappa shape index (κ1) is 17.5. The maximum absolute atomic E-state index is 12.1. The molecule has 21 heavy (non-hydrogen) atoms. The lowest BCUT2D eigenvalue weighted by Gasteiger charge is -2.23. The first-order valence-corrected chi connectivity index (χ1v) is 7.37. The molecule has 0 saturated heterocycles. The highest BCUT2D eigenvalue weighted by atomic mass is 16.5. The number of carbonyl (C=O) groups excluding carboxylic acids is 1. The van der Waals surface area contributed by atoms with Crippen LogP contribution in [0.1, 0.15) is 25.0 Å². The molecule has 0 aromatic heterocycles. The van der Waals surface area contributed by atoms with Crippen molar-refractivity contribution < 1.29 is 9.53 Å². The van der Waals surface area contributed by atoms with Gasteiger partial charge in [-0.15, -0.1) is 0 Å². The monoisotopic (exact) mass is 293 g/mol. The second kappa shape index (κ2) is 8.64. The molecule has 5 heteroatoms. The molecule has 118 valence electrons. The van der Waals surface area contributed by atoms with Crippen LogP contribution in [0.3, 0.4) is 0 Å². The number of rotatable bonds is 8. The van der Waals surface area contributed by atoms with Crippen LogP contribution in [0.25, 0.3) is 0 Å². The lowest BCUT2D eigenvalue weighted by molar-refractivity contribution is -0.131. The van der Waals surface area contributed by atoms with Crippen LogP contribution in [-0.4, -0.2) is 49.5 Å². The first-order valence-electron chi connectivity index (χ1n) is 7.37. The fourth-order valence-electron chi connectivity index (χ4n) is 2.33. The quantitative estimate of drug-likeness (QED) is 0.788. The van der Waals surface area contributed by atoms with E-state index in [1.165, 1.54) is 0 Å². The molecule has 0 fully saturated rings. The van der Waals surface area contributed by atoms with Gasteiger partial charge < -0.3 is 15.4 Å². The molecule has 0 radical (unpaired) electrons. The molecule has 1 rings (SSSR count). The fourth-order valence-corrected chi connectivity index (χ4v) is 2.33. The number of ether oxygens (including phenoxy) is 1. The van der Waals surface area contributed by atoms with Crippen LogP contribution in [0.2, 0.25) is 0 Å². The lowest BCUT2D eigenvalue weighted by atomic mass is 10.1. The number of hydrogen-bond acceptors (Lipinski definition) is 4. The van der Waals surface area contributed by atoms with E-state index in [1.807, 2.05) is 48.9 Å². The number of nitrogens with two attached hydrogens (primary N) is 1. The largest absolute Gasteiger partial charge is 0.496 e. The van der Waals surface area contributed by atoms with E-state index in [0.717, 1.165) is 30.0 Å². The Bertz CT molecular complexity index is 459. The molecule has 0 saturated carbocycles. The van der Waals surface area contributed by atoms with Crippen LogP contribution in [-0.2, 0) is 17.9 Å². The molecule has 0 aliphatic rings. The minimum atomic E-state index is 0.160. The topological polar surface area (TPSA) is 58.8 Å². The first-order chi connectivity index (χ1) is 10.0. The van der Waals surface area contributed by atoms with Gasteiger partial charge in [0.15, 0.2) is 0 Å². The Morgan fingerprint density at radius 1 is 1.29 bits per heavy atom. The summed E-state index contributed by atoms with van der Waals surface area (Å²) in [5, 5.41) is 0. The molecule has 0 bridgehead atoms. The van der Waals surface area contributed by atoms with Gasteiger partial charge in [-0.05, 0) is 32.5 Å².